The second kappa shape index (κ2) is 5.30. The monoisotopic (exact) mass is 327 g/mol. The van der Waals surface area contributed by atoms with Gasteiger partial charge in [-0.2, -0.15) is 0 Å². The summed E-state index contributed by atoms with van der Waals surface area (Å²) in [5, 5.41) is 0. The lowest BCUT2D eigenvalue weighted by Gasteiger charge is -2.64. The van der Waals surface area contributed by atoms with Crippen molar-refractivity contribution >= 4 is 11.5 Å². The Morgan fingerprint density at radius 1 is 0.958 bits per heavy atom. The highest BCUT2D eigenvalue weighted by Gasteiger charge is 2.61. The molecule has 0 spiro atoms. The lowest BCUT2D eigenvalue weighted by molar-refractivity contribution is -0.197. The van der Waals surface area contributed by atoms with Gasteiger partial charge in [-0.3, -0.25) is 14.6 Å². The molecule has 0 atom stereocenters. The number of rotatable bonds is 4. The summed E-state index contributed by atoms with van der Waals surface area (Å²) in [7, 11) is 0. The van der Waals surface area contributed by atoms with E-state index in [2.05, 4.69) is 66.7 Å². The first-order valence-corrected chi connectivity index (χ1v) is 9.28. The molecular weight excluding hydrogens is 298 g/mol. The Bertz CT molecular complexity index is 609. The molecule has 4 heteroatoms. The maximum atomic E-state index is 12.8. The number of ketones is 1. The summed E-state index contributed by atoms with van der Waals surface area (Å²) in [6.45, 7) is 14.4. The number of benzene rings is 1. The van der Waals surface area contributed by atoms with Crippen LogP contribution in [0.2, 0.25) is 0 Å². The highest BCUT2D eigenvalue weighted by atomic mass is 16.1. The molecule has 0 N–H and O–H groups in total. The minimum Gasteiger partial charge on any atom is -0.372 e. The molecule has 4 heterocycles. The summed E-state index contributed by atoms with van der Waals surface area (Å²) in [5.74, 6) is 0.484. The van der Waals surface area contributed by atoms with Crippen LogP contribution in [0.3, 0.4) is 0 Å². The van der Waals surface area contributed by atoms with Crippen molar-refractivity contribution in [2.75, 3.05) is 44.2 Å². The smallest absolute Gasteiger partial charge is 0.149 e. The van der Waals surface area contributed by atoms with Crippen LogP contribution in [0.25, 0.3) is 0 Å². The van der Waals surface area contributed by atoms with Gasteiger partial charge in [-0.15, -0.1) is 0 Å². The van der Waals surface area contributed by atoms with Gasteiger partial charge in [0.25, 0.3) is 0 Å². The topological polar surface area (TPSA) is 26.8 Å². The van der Waals surface area contributed by atoms with E-state index in [4.69, 9.17) is 0 Å². The van der Waals surface area contributed by atoms with Crippen LogP contribution >= 0.6 is 0 Å². The van der Waals surface area contributed by atoms with Crippen LogP contribution in [0, 0.1) is 10.8 Å². The van der Waals surface area contributed by atoms with Crippen molar-refractivity contribution in [2.45, 2.75) is 33.9 Å². The van der Waals surface area contributed by atoms with Gasteiger partial charge in [0.05, 0.1) is 17.0 Å². The second-order valence-corrected chi connectivity index (χ2v) is 8.40. The summed E-state index contributed by atoms with van der Waals surface area (Å²) in [5.41, 5.74) is 2.31. The molecular formula is C20H29N3O. The fourth-order valence-electron chi connectivity index (χ4n) is 5.47. The first kappa shape index (κ1) is 16.1. The molecule has 4 nitrogen and oxygen atoms in total. The number of carbonyl (C=O) groups is 1. The summed E-state index contributed by atoms with van der Waals surface area (Å²) in [4.78, 5) is 20.2. The molecule has 0 aromatic heterocycles. The average molecular weight is 327 g/mol. The van der Waals surface area contributed by atoms with Crippen molar-refractivity contribution in [2.24, 2.45) is 10.8 Å². The van der Waals surface area contributed by atoms with Crippen molar-refractivity contribution in [3.8, 4) is 0 Å². The van der Waals surface area contributed by atoms with Gasteiger partial charge in [-0.1, -0.05) is 26.0 Å². The maximum absolute atomic E-state index is 12.8. The molecule has 0 saturated carbocycles. The summed E-state index contributed by atoms with van der Waals surface area (Å²) in [6, 6.07) is 9.08. The highest BCUT2D eigenvalue weighted by Crippen LogP contribution is 2.51. The van der Waals surface area contributed by atoms with Crippen LogP contribution < -0.4 is 4.90 Å². The van der Waals surface area contributed by atoms with Crippen LogP contribution in [0.5, 0.6) is 0 Å². The quantitative estimate of drug-likeness (QED) is 0.850. The number of hydrogen-bond donors (Lipinski definition) is 0. The Hall–Kier alpha value is -1.39. The van der Waals surface area contributed by atoms with Gasteiger partial charge >= 0.3 is 0 Å². The summed E-state index contributed by atoms with van der Waals surface area (Å²) >= 11 is 0. The molecule has 4 bridgehead atoms. The van der Waals surface area contributed by atoms with Crippen LogP contribution in [0.15, 0.2) is 24.3 Å². The van der Waals surface area contributed by atoms with E-state index in [0.29, 0.717) is 11.9 Å². The minimum atomic E-state index is -0.178. The number of carbonyl (C=O) groups excluding carboxylic acids is 1. The Morgan fingerprint density at radius 2 is 1.42 bits per heavy atom. The van der Waals surface area contributed by atoms with Crippen LogP contribution in [-0.4, -0.2) is 54.9 Å². The molecule has 1 aromatic carbocycles. The fraction of sp³-hybridized carbons (Fsp3) is 0.650. The molecule has 24 heavy (non-hydrogen) atoms. The van der Waals surface area contributed by atoms with Crippen LogP contribution in [-0.2, 0) is 4.79 Å². The fourth-order valence-corrected chi connectivity index (χ4v) is 5.47. The molecule has 5 rings (SSSR count). The molecule has 4 aliphatic rings. The third kappa shape index (κ3) is 2.16. The van der Waals surface area contributed by atoms with E-state index < -0.39 is 0 Å². The first-order valence-electron chi connectivity index (χ1n) is 9.28. The van der Waals surface area contributed by atoms with Gasteiger partial charge in [0.1, 0.15) is 5.78 Å². The van der Waals surface area contributed by atoms with Crippen LogP contribution in [0.4, 0.5) is 5.69 Å². The number of Topliss-reactive ketones (excluding diaryl/α,β-unsaturated/α-hetero) is 1. The van der Waals surface area contributed by atoms with Crippen molar-refractivity contribution in [1.82, 2.24) is 9.80 Å². The standard InChI is InChI=1S/C20H29N3O/c1-5-21(6-2)16-9-7-15(8-10-16)17-22-11-19(3)12-23(17)14-20(4,13-22)18(19)24/h7-10,17H,5-6,11-14H2,1-4H3. The van der Waals surface area contributed by atoms with Gasteiger partial charge in [0, 0.05) is 45.0 Å². The summed E-state index contributed by atoms with van der Waals surface area (Å²) in [6.07, 6.45) is 0.338. The van der Waals surface area contributed by atoms with E-state index in [1.807, 2.05) is 0 Å². The summed E-state index contributed by atoms with van der Waals surface area (Å²) < 4.78 is 0. The first-order chi connectivity index (χ1) is 11.4. The largest absolute Gasteiger partial charge is 0.372 e. The third-order valence-electron chi connectivity index (χ3n) is 6.32. The van der Waals surface area contributed by atoms with Gasteiger partial charge in [0.2, 0.25) is 0 Å². The zero-order valence-electron chi connectivity index (χ0n) is 15.4. The highest BCUT2D eigenvalue weighted by molar-refractivity contribution is 5.92. The third-order valence-corrected chi connectivity index (χ3v) is 6.32. The van der Waals surface area contributed by atoms with Gasteiger partial charge in [0.15, 0.2) is 0 Å². The van der Waals surface area contributed by atoms with E-state index >= 15 is 0 Å². The zero-order valence-corrected chi connectivity index (χ0v) is 15.4. The van der Waals surface area contributed by atoms with E-state index in [-0.39, 0.29) is 10.8 Å². The van der Waals surface area contributed by atoms with E-state index in [9.17, 15) is 4.79 Å². The molecule has 1 aromatic rings. The minimum absolute atomic E-state index is 0.178. The number of piperidine rings is 2. The lowest BCUT2D eigenvalue weighted by Crippen LogP contribution is -2.75. The maximum Gasteiger partial charge on any atom is 0.149 e. The van der Waals surface area contributed by atoms with E-state index in [0.717, 1.165) is 39.3 Å². The van der Waals surface area contributed by atoms with Crippen molar-refractivity contribution in [3.05, 3.63) is 29.8 Å². The number of hydrogen-bond acceptors (Lipinski definition) is 4. The molecule has 4 saturated heterocycles. The molecule has 130 valence electrons. The predicted octanol–water partition coefficient (Wildman–Crippen LogP) is 2.76. The van der Waals surface area contributed by atoms with Gasteiger partial charge < -0.3 is 4.90 Å². The van der Waals surface area contributed by atoms with Crippen molar-refractivity contribution in [3.63, 3.8) is 0 Å². The van der Waals surface area contributed by atoms with E-state index in [1.54, 1.807) is 0 Å². The normalized spacial score (nSPS) is 40.2. The second-order valence-electron chi connectivity index (χ2n) is 8.40. The molecule has 4 aliphatic heterocycles. The SMILES string of the molecule is CCN(CC)c1ccc(C2N3CC4(C)CN2CC(C)(C3)C4=O)cc1. The lowest BCUT2D eigenvalue weighted by atomic mass is 9.62. The van der Waals surface area contributed by atoms with Crippen LogP contribution in [0.1, 0.15) is 39.4 Å². The molecule has 0 radical (unpaired) electrons. The number of nitrogens with zero attached hydrogens (tertiary/aromatic N) is 3. The molecule has 0 unspecified atom stereocenters. The van der Waals surface area contributed by atoms with Gasteiger partial charge in [-0.05, 0) is 31.5 Å². The van der Waals surface area contributed by atoms with Crippen molar-refractivity contribution < 1.29 is 4.79 Å². The number of anilines is 1. The average Bonchev–Trinajstić information content (AvgIpc) is 2.54. The molecule has 4 fully saturated rings. The van der Waals surface area contributed by atoms with E-state index in [1.165, 1.54) is 11.3 Å². The zero-order chi connectivity index (χ0) is 17.1. The Balaban J connectivity index is 1.62. The molecule has 0 amide bonds. The Morgan fingerprint density at radius 3 is 1.83 bits per heavy atom. The Labute approximate surface area is 145 Å². The Kier molecular flexibility index (Phi) is 3.56. The van der Waals surface area contributed by atoms with Crippen molar-refractivity contribution in [1.29, 1.82) is 0 Å². The predicted molar refractivity (Wildman–Crippen MR) is 97.1 cm³/mol. The molecule has 0 aliphatic carbocycles. The van der Waals surface area contributed by atoms with Gasteiger partial charge in [-0.25, -0.2) is 0 Å².